The second-order valence-corrected chi connectivity index (χ2v) is 5.85. The number of pyridine rings is 1. The van der Waals surface area contributed by atoms with Gasteiger partial charge in [-0.25, -0.2) is 4.98 Å². The van der Waals surface area contributed by atoms with E-state index in [1.165, 1.54) is 0 Å². The molecule has 0 unspecified atom stereocenters. The molecule has 21 heavy (non-hydrogen) atoms. The minimum Gasteiger partial charge on any atom is -0.389 e. The van der Waals surface area contributed by atoms with Crippen molar-refractivity contribution in [2.75, 3.05) is 5.32 Å². The maximum atomic E-state index is 5.90. The lowest BCUT2D eigenvalue weighted by atomic mass is 9.89. The van der Waals surface area contributed by atoms with Crippen molar-refractivity contribution >= 4 is 33.9 Å². The maximum Gasteiger partial charge on any atom is 0.137 e. The average Bonchev–Trinajstić information content (AvgIpc) is 2.51. The number of nitrogens with one attached hydrogen (secondary N) is 1. The van der Waals surface area contributed by atoms with E-state index in [2.05, 4.69) is 26.1 Å². The van der Waals surface area contributed by atoms with Gasteiger partial charge < -0.3 is 11.1 Å². The molecule has 2 aromatic rings. The number of benzene rings is 1. The topological polar surface area (TPSA) is 50.9 Å². The summed E-state index contributed by atoms with van der Waals surface area (Å²) in [7, 11) is 0. The highest BCUT2D eigenvalue weighted by molar-refractivity contribution is 7.80. The molecule has 0 saturated heterocycles. The van der Waals surface area contributed by atoms with Gasteiger partial charge in [0, 0.05) is 10.9 Å². The summed E-state index contributed by atoms with van der Waals surface area (Å²) < 4.78 is 0. The molecule has 1 aromatic carbocycles. The first-order valence-electron chi connectivity index (χ1n) is 7.53. The van der Waals surface area contributed by atoms with Crippen LogP contribution >= 0.6 is 12.2 Å². The monoisotopic (exact) mass is 301 g/mol. The molecule has 0 aliphatic rings. The van der Waals surface area contributed by atoms with E-state index < -0.39 is 0 Å². The third-order valence-corrected chi connectivity index (χ3v) is 4.62. The number of nitrogens with two attached hydrogens (primary N) is 1. The minimum atomic E-state index is 0.0367. The summed E-state index contributed by atoms with van der Waals surface area (Å²) in [6, 6.07) is 10.1. The highest BCUT2D eigenvalue weighted by Gasteiger charge is 2.25. The van der Waals surface area contributed by atoms with Crippen LogP contribution in [0.3, 0.4) is 0 Å². The van der Waals surface area contributed by atoms with Crippen molar-refractivity contribution in [3.63, 3.8) is 0 Å². The van der Waals surface area contributed by atoms with Crippen LogP contribution in [-0.2, 0) is 0 Å². The van der Waals surface area contributed by atoms with Crippen molar-refractivity contribution in [2.45, 2.75) is 45.6 Å². The standard InChI is InChI=1S/C17H23N3S/c1-4-17(5-2,6-3)20-16-13(15(18)21)11-12-9-7-8-10-14(12)19-16/h7-11H,4-6H2,1-3H3,(H2,18,21)(H,19,20). The van der Waals surface area contributed by atoms with Gasteiger partial charge in [0.05, 0.1) is 11.1 Å². The second kappa shape index (κ2) is 6.39. The lowest BCUT2D eigenvalue weighted by molar-refractivity contribution is 0.419. The molecule has 1 heterocycles. The molecular weight excluding hydrogens is 278 g/mol. The molecule has 0 spiro atoms. The van der Waals surface area contributed by atoms with Gasteiger partial charge in [0.2, 0.25) is 0 Å². The number of hydrogen-bond acceptors (Lipinski definition) is 3. The van der Waals surface area contributed by atoms with Gasteiger partial charge in [0.25, 0.3) is 0 Å². The minimum absolute atomic E-state index is 0.0367. The lowest BCUT2D eigenvalue weighted by Gasteiger charge is -2.33. The lowest BCUT2D eigenvalue weighted by Crippen LogP contribution is -2.37. The van der Waals surface area contributed by atoms with E-state index in [9.17, 15) is 0 Å². The number of nitrogens with zero attached hydrogens (tertiary/aromatic N) is 1. The summed E-state index contributed by atoms with van der Waals surface area (Å²) >= 11 is 5.21. The zero-order valence-corrected chi connectivity index (χ0v) is 13.8. The summed E-state index contributed by atoms with van der Waals surface area (Å²) in [6.45, 7) is 6.59. The van der Waals surface area contributed by atoms with Gasteiger partial charge in [-0.1, -0.05) is 51.2 Å². The normalized spacial score (nSPS) is 11.6. The Balaban J connectivity index is 2.55. The Hall–Kier alpha value is -1.68. The summed E-state index contributed by atoms with van der Waals surface area (Å²) in [5, 5.41) is 4.66. The molecule has 0 bridgehead atoms. The fraction of sp³-hybridized carbons (Fsp3) is 0.412. The quantitative estimate of drug-likeness (QED) is 0.783. The molecule has 3 N–H and O–H groups in total. The molecule has 3 nitrogen and oxygen atoms in total. The van der Waals surface area contributed by atoms with Crippen LogP contribution in [0.15, 0.2) is 30.3 Å². The fourth-order valence-corrected chi connectivity index (χ4v) is 2.82. The molecule has 0 saturated carbocycles. The van der Waals surface area contributed by atoms with Crippen LogP contribution in [0, 0.1) is 0 Å². The molecule has 0 aliphatic heterocycles. The first-order chi connectivity index (χ1) is 10.0. The van der Waals surface area contributed by atoms with Crippen molar-refractivity contribution in [3.05, 3.63) is 35.9 Å². The molecule has 2 rings (SSSR count). The molecule has 0 amide bonds. The van der Waals surface area contributed by atoms with Crippen LogP contribution in [0.4, 0.5) is 5.82 Å². The second-order valence-electron chi connectivity index (χ2n) is 5.41. The Morgan fingerprint density at radius 3 is 2.38 bits per heavy atom. The zero-order valence-electron chi connectivity index (χ0n) is 12.9. The van der Waals surface area contributed by atoms with E-state index in [1.807, 2.05) is 30.3 Å². The van der Waals surface area contributed by atoms with Gasteiger partial charge in [-0.3, -0.25) is 0 Å². The van der Waals surface area contributed by atoms with Crippen molar-refractivity contribution < 1.29 is 0 Å². The van der Waals surface area contributed by atoms with Crippen LogP contribution in [0.1, 0.15) is 45.6 Å². The fourth-order valence-electron chi connectivity index (χ4n) is 2.67. The Kier molecular flexibility index (Phi) is 4.78. The zero-order chi connectivity index (χ0) is 15.5. The number of anilines is 1. The third-order valence-electron chi connectivity index (χ3n) is 4.40. The number of aromatic nitrogens is 1. The number of thiocarbonyl (C=S) groups is 1. The number of hydrogen-bond donors (Lipinski definition) is 2. The number of para-hydroxylation sites is 1. The molecule has 1 aromatic heterocycles. The van der Waals surface area contributed by atoms with Gasteiger partial charge in [-0.2, -0.15) is 0 Å². The van der Waals surface area contributed by atoms with Gasteiger partial charge in [-0.05, 0) is 31.4 Å². The van der Waals surface area contributed by atoms with Crippen LogP contribution in [0.5, 0.6) is 0 Å². The number of rotatable bonds is 6. The van der Waals surface area contributed by atoms with Crippen LogP contribution in [0.2, 0.25) is 0 Å². The average molecular weight is 301 g/mol. The molecule has 4 heteroatoms. The smallest absolute Gasteiger partial charge is 0.137 e. The van der Waals surface area contributed by atoms with Crippen LogP contribution in [0.25, 0.3) is 10.9 Å². The molecule has 0 radical (unpaired) electrons. The van der Waals surface area contributed by atoms with Gasteiger partial charge >= 0.3 is 0 Å². The van der Waals surface area contributed by atoms with Crippen molar-refractivity contribution in [1.82, 2.24) is 4.98 Å². The Bertz CT molecular complexity index is 639. The Morgan fingerprint density at radius 1 is 1.19 bits per heavy atom. The predicted molar refractivity (Wildman–Crippen MR) is 94.9 cm³/mol. The van der Waals surface area contributed by atoms with Crippen molar-refractivity contribution in [3.8, 4) is 0 Å². The van der Waals surface area contributed by atoms with Crippen molar-refractivity contribution in [2.24, 2.45) is 5.73 Å². The summed E-state index contributed by atoms with van der Waals surface area (Å²) in [6.07, 6.45) is 3.10. The Labute approximate surface area is 132 Å². The van der Waals surface area contributed by atoms with E-state index in [1.54, 1.807) is 0 Å². The number of fused-ring (bicyclic) bond motifs is 1. The predicted octanol–water partition coefficient (Wildman–Crippen LogP) is 4.25. The molecule has 0 fully saturated rings. The van der Waals surface area contributed by atoms with Gasteiger partial charge in [0.1, 0.15) is 10.8 Å². The molecular formula is C17H23N3S. The van der Waals surface area contributed by atoms with E-state index in [0.29, 0.717) is 4.99 Å². The van der Waals surface area contributed by atoms with Crippen LogP contribution < -0.4 is 11.1 Å². The first-order valence-corrected chi connectivity index (χ1v) is 7.93. The van der Waals surface area contributed by atoms with Crippen molar-refractivity contribution in [1.29, 1.82) is 0 Å². The third kappa shape index (κ3) is 3.16. The van der Waals surface area contributed by atoms with Gasteiger partial charge in [0.15, 0.2) is 0 Å². The highest BCUT2D eigenvalue weighted by Crippen LogP contribution is 2.28. The van der Waals surface area contributed by atoms with E-state index >= 15 is 0 Å². The highest BCUT2D eigenvalue weighted by atomic mass is 32.1. The molecule has 0 aliphatic carbocycles. The Morgan fingerprint density at radius 2 is 1.81 bits per heavy atom. The first kappa shape index (κ1) is 15.7. The maximum absolute atomic E-state index is 5.90. The van der Waals surface area contributed by atoms with E-state index in [-0.39, 0.29) is 5.54 Å². The van der Waals surface area contributed by atoms with Crippen LogP contribution in [-0.4, -0.2) is 15.5 Å². The van der Waals surface area contributed by atoms with Gasteiger partial charge in [-0.15, -0.1) is 0 Å². The largest absolute Gasteiger partial charge is 0.389 e. The van der Waals surface area contributed by atoms with E-state index in [4.69, 9.17) is 22.9 Å². The molecule has 0 atom stereocenters. The molecule has 112 valence electrons. The SMILES string of the molecule is CCC(CC)(CC)Nc1nc2ccccc2cc1C(N)=S. The summed E-state index contributed by atoms with van der Waals surface area (Å²) in [4.78, 5) is 5.13. The summed E-state index contributed by atoms with van der Waals surface area (Å²) in [5.74, 6) is 0.798. The summed E-state index contributed by atoms with van der Waals surface area (Å²) in [5.41, 5.74) is 7.72. The van der Waals surface area contributed by atoms with E-state index in [0.717, 1.165) is 41.5 Å².